The van der Waals surface area contributed by atoms with Gasteiger partial charge >= 0.3 is 0 Å². The lowest BCUT2D eigenvalue weighted by Crippen LogP contribution is -2.34. The summed E-state index contributed by atoms with van der Waals surface area (Å²) in [5.41, 5.74) is 9.02. The summed E-state index contributed by atoms with van der Waals surface area (Å²) in [4.78, 5) is 0. The fraction of sp³-hybridized carbons (Fsp3) is 0.600. The molecule has 1 heterocycles. The molecule has 3 nitrogen and oxygen atoms in total. The SMILES string of the molecule is CC(C)c1cc2c(cc1C1(N)CCCC1)OCO2. The molecule has 0 radical (unpaired) electrons. The predicted molar refractivity (Wildman–Crippen MR) is 71.0 cm³/mol. The Kier molecular flexibility index (Phi) is 2.74. The van der Waals surface area contributed by atoms with E-state index in [2.05, 4.69) is 26.0 Å². The average Bonchev–Trinajstić information content (AvgIpc) is 2.95. The van der Waals surface area contributed by atoms with Gasteiger partial charge in [0.15, 0.2) is 11.5 Å². The largest absolute Gasteiger partial charge is 0.454 e. The van der Waals surface area contributed by atoms with Crippen molar-refractivity contribution in [3.63, 3.8) is 0 Å². The smallest absolute Gasteiger partial charge is 0.231 e. The quantitative estimate of drug-likeness (QED) is 0.872. The first-order valence-electron chi connectivity index (χ1n) is 6.83. The van der Waals surface area contributed by atoms with Crippen LogP contribution in [0.1, 0.15) is 56.6 Å². The van der Waals surface area contributed by atoms with E-state index in [-0.39, 0.29) is 5.54 Å². The third kappa shape index (κ3) is 1.77. The molecule has 0 amide bonds. The second kappa shape index (κ2) is 4.16. The molecule has 1 aliphatic heterocycles. The van der Waals surface area contributed by atoms with Gasteiger partial charge in [0.25, 0.3) is 0 Å². The number of hydrogen-bond donors (Lipinski definition) is 1. The molecule has 1 aliphatic carbocycles. The highest BCUT2D eigenvalue weighted by Gasteiger charge is 2.35. The molecule has 18 heavy (non-hydrogen) atoms. The molecule has 1 fully saturated rings. The Balaban J connectivity index is 2.12. The van der Waals surface area contributed by atoms with Crippen molar-refractivity contribution in [2.75, 3.05) is 6.79 Å². The summed E-state index contributed by atoms with van der Waals surface area (Å²) in [6, 6.07) is 4.23. The Morgan fingerprint density at radius 3 is 2.33 bits per heavy atom. The molecule has 0 aromatic heterocycles. The van der Waals surface area contributed by atoms with Crippen molar-refractivity contribution in [1.29, 1.82) is 0 Å². The van der Waals surface area contributed by atoms with Crippen molar-refractivity contribution in [3.8, 4) is 11.5 Å². The van der Waals surface area contributed by atoms with Crippen molar-refractivity contribution < 1.29 is 9.47 Å². The Bertz CT molecular complexity index is 462. The normalized spacial score (nSPS) is 20.7. The van der Waals surface area contributed by atoms with E-state index < -0.39 is 0 Å². The van der Waals surface area contributed by atoms with Crippen LogP contribution in [-0.2, 0) is 5.54 Å². The fourth-order valence-corrected chi connectivity index (χ4v) is 3.14. The molecular formula is C15H21NO2. The lowest BCUT2D eigenvalue weighted by molar-refractivity contribution is 0.174. The molecule has 0 saturated heterocycles. The third-order valence-corrected chi connectivity index (χ3v) is 4.20. The van der Waals surface area contributed by atoms with E-state index in [0.717, 1.165) is 24.3 Å². The Hall–Kier alpha value is -1.22. The van der Waals surface area contributed by atoms with Crippen LogP contribution in [0.25, 0.3) is 0 Å². The molecule has 3 rings (SSSR count). The molecule has 2 N–H and O–H groups in total. The van der Waals surface area contributed by atoms with Gasteiger partial charge in [0.1, 0.15) is 0 Å². The van der Waals surface area contributed by atoms with Gasteiger partial charge in [-0.25, -0.2) is 0 Å². The molecule has 0 atom stereocenters. The van der Waals surface area contributed by atoms with E-state index in [0.29, 0.717) is 12.7 Å². The van der Waals surface area contributed by atoms with Gasteiger partial charge in [-0.1, -0.05) is 26.7 Å². The molecular weight excluding hydrogens is 226 g/mol. The maximum atomic E-state index is 6.62. The van der Waals surface area contributed by atoms with Crippen molar-refractivity contribution in [3.05, 3.63) is 23.3 Å². The van der Waals surface area contributed by atoms with E-state index in [1.54, 1.807) is 0 Å². The highest BCUT2D eigenvalue weighted by atomic mass is 16.7. The van der Waals surface area contributed by atoms with Crippen LogP contribution in [0, 0.1) is 0 Å². The highest BCUT2D eigenvalue weighted by Crippen LogP contribution is 2.45. The minimum atomic E-state index is -0.166. The fourth-order valence-electron chi connectivity index (χ4n) is 3.14. The molecule has 1 aromatic carbocycles. The summed E-state index contributed by atoms with van der Waals surface area (Å²) >= 11 is 0. The van der Waals surface area contributed by atoms with Gasteiger partial charge in [-0.05, 0) is 42.0 Å². The van der Waals surface area contributed by atoms with Crippen molar-refractivity contribution in [2.24, 2.45) is 5.73 Å². The van der Waals surface area contributed by atoms with Crippen LogP contribution >= 0.6 is 0 Å². The Morgan fingerprint density at radius 1 is 1.11 bits per heavy atom. The number of fused-ring (bicyclic) bond motifs is 1. The number of benzene rings is 1. The number of hydrogen-bond acceptors (Lipinski definition) is 3. The summed E-state index contributed by atoms with van der Waals surface area (Å²) in [5.74, 6) is 2.17. The Morgan fingerprint density at radius 2 is 1.72 bits per heavy atom. The molecule has 3 heteroatoms. The zero-order valence-corrected chi connectivity index (χ0v) is 11.2. The molecule has 0 bridgehead atoms. The standard InChI is InChI=1S/C15H21NO2/c1-10(2)11-7-13-14(18-9-17-13)8-12(11)15(16)5-3-4-6-15/h7-8,10H,3-6,9,16H2,1-2H3. The summed E-state index contributed by atoms with van der Waals surface area (Å²) in [6.45, 7) is 4.74. The van der Waals surface area contributed by atoms with Gasteiger partial charge in [-0.15, -0.1) is 0 Å². The summed E-state index contributed by atoms with van der Waals surface area (Å²) in [5, 5.41) is 0. The van der Waals surface area contributed by atoms with E-state index in [4.69, 9.17) is 15.2 Å². The first-order chi connectivity index (χ1) is 8.60. The van der Waals surface area contributed by atoms with E-state index in [9.17, 15) is 0 Å². The minimum Gasteiger partial charge on any atom is -0.454 e. The zero-order valence-electron chi connectivity index (χ0n) is 11.2. The molecule has 98 valence electrons. The van der Waals surface area contributed by atoms with Gasteiger partial charge in [-0.2, -0.15) is 0 Å². The van der Waals surface area contributed by atoms with Gasteiger partial charge in [-0.3, -0.25) is 0 Å². The van der Waals surface area contributed by atoms with E-state index >= 15 is 0 Å². The van der Waals surface area contributed by atoms with Crippen LogP contribution < -0.4 is 15.2 Å². The zero-order chi connectivity index (χ0) is 12.8. The molecule has 0 spiro atoms. The number of rotatable bonds is 2. The molecule has 0 unspecified atom stereocenters. The molecule has 2 aliphatic rings. The van der Waals surface area contributed by atoms with E-state index in [1.807, 2.05) is 0 Å². The molecule has 1 saturated carbocycles. The first-order valence-corrected chi connectivity index (χ1v) is 6.83. The van der Waals surface area contributed by atoms with Crippen LogP contribution in [0.5, 0.6) is 11.5 Å². The Labute approximate surface area is 108 Å². The lowest BCUT2D eigenvalue weighted by atomic mass is 9.82. The van der Waals surface area contributed by atoms with Crippen LogP contribution in [0.3, 0.4) is 0 Å². The van der Waals surface area contributed by atoms with Crippen LogP contribution in [0.15, 0.2) is 12.1 Å². The maximum Gasteiger partial charge on any atom is 0.231 e. The van der Waals surface area contributed by atoms with Gasteiger partial charge in [0.05, 0.1) is 0 Å². The summed E-state index contributed by atoms with van der Waals surface area (Å²) in [6.07, 6.45) is 4.60. The van der Waals surface area contributed by atoms with Gasteiger partial charge < -0.3 is 15.2 Å². The van der Waals surface area contributed by atoms with E-state index in [1.165, 1.54) is 24.0 Å². The third-order valence-electron chi connectivity index (χ3n) is 4.20. The minimum absolute atomic E-state index is 0.166. The second-order valence-electron chi connectivity index (χ2n) is 5.81. The lowest BCUT2D eigenvalue weighted by Gasteiger charge is -2.28. The van der Waals surface area contributed by atoms with Crippen LogP contribution in [0.2, 0.25) is 0 Å². The summed E-state index contributed by atoms with van der Waals surface area (Å²) < 4.78 is 11.0. The van der Waals surface area contributed by atoms with Crippen molar-refractivity contribution in [2.45, 2.75) is 51.0 Å². The predicted octanol–water partition coefficient (Wildman–Crippen LogP) is 3.27. The monoisotopic (exact) mass is 247 g/mol. The number of ether oxygens (including phenoxy) is 2. The van der Waals surface area contributed by atoms with Crippen molar-refractivity contribution >= 4 is 0 Å². The first kappa shape index (κ1) is 11.8. The topological polar surface area (TPSA) is 44.5 Å². The van der Waals surface area contributed by atoms with Crippen LogP contribution in [-0.4, -0.2) is 6.79 Å². The second-order valence-corrected chi connectivity index (χ2v) is 5.81. The maximum absolute atomic E-state index is 6.62. The van der Waals surface area contributed by atoms with Gasteiger partial charge in [0, 0.05) is 5.54 Å². The number of nitrogens with two attached hydrogens (primary N) is 1. The highest BCUT2D eigenvalue weighted by molar-refractivity contribution is 5.52. The van der Waals surface area contributed by atoms with Crippen molar-refractivity contribution in [1.82, 2.24) is 0 Å². The van der Waals surface area contributed by atoms with Crippen LogP contribution in [0.4, 0.5) is 0 Å². The van der Waals surface area contributed by atoms with Gasteiger partial charge in [0.2, 0.25) is 6.79 Å². The molecule has 1 aromatic rings. The average molecular weight is 247 g/mol. The summed E-state index contributed by atoms with van der Waals surface area (Å²) in [7, 11) is 0.